The van der Waals surface area contributed by atoms with Crippen molar-refractivity contribution in [3.8, 4) is 0 Å². The van der Waals surface area contributed by atoms with E-state index in [0.717, 1.165) is 12.8 Å². The Morgan fingerprint density at radius 2 is 2.44 bits per heavy atom. The molecule has 5 heteroatoms. The van der Waals surface area contributed by atoms with Gasteiger partial charge in [0.25, 0.3) is 0 Å². The highest BCUT2D eigenvalue weighted by atomic mass is 35.5. The number of nitrogens with zero attached hydrogens (tertiary/aromatic N) is 1. The summed E-state index contributed by atoms with van der Waals surface area (Å²) in [6.45, 7) is 1.93. The summed E-state index contributed by atoms with van der Waals surface area (Å²) >= 11 is 5.81. The molecule has 16 heavy (non-hydrogen) atoms. The van der Waals surface area contributed by atoms with Crippen LogP contribution in [0.15, 0.2) is 18.3 Å². The van der Waals surface area contributed by atoms with Crippen LogP contribution in [-0.2, 0) is 4.79 Å². The quantitative estimate of drug-likeness (QED) is 0.777. The van der Waals surface area contributed by atoms with Crippen LogP contribution in [0.2, 0.25) is 5.15 Å². The largest absolute Gasteiger partial charge is 0.328 e. The number of hydrogen-bond donors (Lipinski definition) is 2. The smallest absolute Gasteiger partial charge is 0.224 e. The van der Waals surface area contributed by atoms with E-state index in [0.29, 0.717) is 17.3 Å². The number of nitrogens with two attached hydrogens (primary N) is 1. The number of pyridine rings is 1. The van der Waals surface area contributed by atoms with Gasteiger partial charge in [0.05, 0.1) is 5.69 Å². The number of anilines is 1. The summed E-state index contributed by atoms with van der Waals surface area (Å²) in [6.07, 6.45) is 3.65. The third-order valence-electron chi connectivity index (χ3n) is 2.10. The van der Waals surface area contributed by atoms with Gasteiger partial charge in [-0.2, -0.15) is 0 Å². The first-order chi connectivity index (χ1) is 7.59. The molecule has 1 amide bonds. The minimum Gasteiger partial charge on any atom is -0.328 e. The molecule has 1 heterocycles. The first-order valence-corrected chi connectivity index (χ1v) is 5.63. The van der Waals surface area contributed by atoms with Gasteiger partial charge in [-0.3, -0.25) is 4.79 Å². The maximum absolute atomic E-state index is 11.5. The molecule has 1 rings (SSSR count). The lowest BCUT2D eigenvalue weighted by molar-refractivity contribution is -0.116. The molecule has 1 aromatic heterocycles. The normalized spacial score (nSPS) is 12.2. The fourth-order valence-electron chi connectivity index (χ4n) is 1.28. The Kier molecular flexibility index (Phi) is 5.22. The predicted octanol–water partition coefficient (Wildman–Crippen LogP) is 2.19. The SMILES string of the molecule is CC(N)CCCC(=O)Nc1cccnc1Cl. The number of rotatable bonds is 5. The predicted molar refractivity (Wildman–Crippen MR) is 65.4 cm³/mol. The van der Waals surface area contributed by atoms with Gasteiger partial charge in [-0.05, 0) is 31.9 Å². The number of halogens is 1. The second-order valence-electron chi connectivity index (χ2n) is 3.76. The van der Waals surface area contributed by atoms with E-state index in [1.165, 1.54) is 0 Å². The zero-order valence-electron chi connectivity index (χ0n) is 9.24. The van der Waals surface area contributed by atoms with E-state index >= 15 is 0 Å². The van der Waals surface area contributed by atoms with Crippen molar-refractivity contribution in [1.29, 1.82) is 0 Å². The van der Waals surface area contributed by atoms with E-state index < -0.39 is 0 Å². The molecule has 88 valence electrons. The van der Waals surface area contributed by atoms with Crippen molar-refractivity contribution < 1.29 is 4.79 Å². The van der Waals surface area contributed by atoms with E-state index in [9.17, 15) is 4.79 Å². The maximum atomic E-state index is 11.5. The molecule has 1 unspecified atom stereocenters. The third kappa shape index (κ3) is 4.59. The van der Waals surface area contributed by atoms with E-state index in [1.54, 1.807) is 18.3 Å². The van der Waals surface area contributed by atoms with Crippen LogP contribution in [-0.4, -0.2) is 16.9 Å². The van der Waals surface area contributed by atoms with Crippen LogP contribution >= 0.6 is 11.6 Å². The van der Waals surface area contributed by atoms with Crippen LogP contribution in [0.4, 0.5) is 5.69 Å². The van der Waals surface area contributed by atoms with E-state index in [2.05, 4.69) is 10.3 Å². The Labute approximate surface area is 100 Å². The molecular formula is C11H16ClN3O. The lowest BCUT2D eigenvalue weighted by Gasteiger charge is -2.07. The maximum Gasteiger partial charge on any atom is 0.224 e. The van der Waals surface area contributed by atoms with Crippen molar-refractivity contribution in [1.82, 2.24) is 4.98 Å². The van der Waals surface area contributed by atoms with Crippen molar-refractivity contribution in [2.75, 3.05) is 5.32 Å². The Balaban J connectivity index is 2.37. The van der Waals surface area contributed by atoms with Gasteiger partial charge in [-0.15, -0.1) is 0 Å². The molecule has 0 fully saturated rings. The minimum atomic E-state index is -0.0597. The second-order valence-corrected chi connectivity index (χ2v) is 4.12. The highest BCUT2D eigenvalue weighted by Crippen LogP contribution is 2.17. The Morgan fingerprint density at radius 1 is 1.69 bits per heavy atom. The lowest BCUT2D eigenvalue weighted by Crippen LogP contribution is -2.17. The first kappa shape index (κ1) is 12.9. The van der Waals surface area contributed by atoms with E-state index in [1.807, 2.05) is 6.92 Å². The zero-order chi connectivity index (χ0) is 12.0. The number of nitrogens with one attached hydrogen (secondary N) is 1. The molecule has 0 aliphatic carbocycles. The molecule has 4 nitrogen and oxygen atoms in total. The molecule has 0 saturated heterocycles. The van der Waals surface area contributed by atoms with E-state index in [4.69, 9.17) is 17.3 Å². The minimum absolute atomic E-state index is 0.0597. The van der Waals surface area contributed by atoms with Crippen LogP contribution in [0.25, 0.3) is 0 Å². The number of hydrogen-bond acceptors (Lipinski definition) is 3. The highest BCUT2D eigenvalue weighted by Gasteiger charge is 2.06. The highest BCUT2D eigenvalue weighted by molar-refractivity contribution is 6.32. The van der Waals surface area contributed by atoms with Gasteiger partial charge in [0, 0.05) is 18.7 Å². The summed E-state index contributed by atoms with van der Waals surface area (Å²) in [4.78, 5) is 15.4. The van der Waals surface area contributed by atoms with Gasteiger partial charge in [-0.1, -0.05) is 11.6 Å². The Bertz CT molecular complexity index is 355. The van der Waals surface area contributed by atoms with Crippen LogP contribution in [0.1, 0.15) is 26.2 Å². The standard InChI is InChI=1S/C11H16ClN3O/c1-8(13)4-2-6-10(16)15-9-5-3-7-14-11(9)12/h3,5,7-8H,2,4,6,13H2,1H3,(H,15,16). The summed E-state index contributed by atoms with van der Waals surface area (Å²) in [7, 11) is 0. The third-order valence-corrected chi connectivity index (χ3v) is 2.40. The second kappa shape index (κ2) is 6.45. The molecule has 0 aliphatic heterocycles. The number of carbonyl (C=O) groups excluding carboxylic acids is 1. The van der Waals surface area contributed by atoms with Crippen molar-refractivity contribution in [3.05, 3.63) is 23.5 Å². The van der Waals surface area contributed by atoms with Crippen LogP contribution < -0.4 is 11.1 Å². The van der Waals surface area contributed by atoms with Crippen molar-refractivity contribution in [3.63, 3.8) is 0 Å². The molecule has 0 radical (unpaired) electrons. The Morgan fingerprint density at radius 3 is 3.06 bits per heavy atom. The summed E-state index contributed by atoms with van der Waals surface area (Å²) in [5.74, 6) is -0.0597. The molecule has 0 bridgehead atoms. The molecule has 0 aromatic carbocycles. The van der Waals surface area contributed by atoms with E-state index in [-0.39, 0.29) is 11.9 Å². The van der Waals surface area contributed by atoms with Gasteiger partial charge in [-0.25, -0.2) is 4.98 Å². The van der Waals surface area contributed by atoms with Gasteiger partial charge < -0.3 is 11.1 Å². The molecule has 1 atom stereocenters. The average Bonchev–Trinajstić information content (AvgIpc) is 2.21. The fourth-order valence-corrected chi connectivity index (χ4v) is 1.44. The van der Waals surface area contributed by atoms with Gasteiger partial charge in [0.2, 0.25) is 5.91 Å². The molecular weight excluding hydrogens is 226 g/mol. The number of aromatic nitrogens is 1. The Hall–Kier alpha value is -1.13. The summed E-state index contributed by atoms with van der Waals surface area (Å²) in [6, 6.07) is 3.58. The lowest BCUT2D eigenvalue weighted by atomic mass is 10.1. The van der Waals surface area contributed by atoms with Crippen LogP contribution in [0.3, 0.4) is 0 Å². The average molecular weight is 242 g/mol. The molecule has 3 N–H and O–H groups in total. The molecule has 0 aliphatic rings. The summed E-state index contributed by atoms with van der Waals surface area (Å²) in [5.41, 5.74) is 6.14. The number of carbonyl (C=O) groups is 1. The summed E-state index contributed by atoms with van der Waals surface area (Å²) < 4.78 is 0. The summed E-state index contributed by atoms with van der Waals surface area (Å²) in [5, 5.41) is 3.02. The topological polar surface area (TPSA) is 68.0 Å². The van der Waals surface area contributed by atoms with Crippen molar-refractivity contribution in [2.45, 2.75) is 32.2 Å². The van der Waals surface area contributed by atoms with Crippen molar-refractivity contribution in [2.24, 2.45) is 5.73 Å². The van der Waals surface area contributed by atoms with Gasteiger partial charge in [0.1, 0.15) is 0 Å². The first-order valence-electron chi connectivity index (χ1n) is 5.25. The van der Waals surface area contributed by atoms with Crippen molar-refractivity contribution >= 4 is 23.2 Å². The van der Waals surface area contributed by atoms with Crippen LogP contribution in [0, 0.1) is 0 Å². The zero-order valence-corrected chi connectivity index (χ0v) is 10.00. The van der Waals surface area contributed by atoms with Gasteiger partial charge in [0.15, 0.2) is 5.15 Å². The van der Waals surface area contributed by atoms with Gasteiger partial charge >= 0.3 is 0 Å². The molecule has 1 aromatic rings. The molecule has 0 saturated carbocycles. The molecule has 0 spiro atoms. The number of amides is 1. The fraction of sp³-hybridized carbons (Fsp3) is 0.455. The van der Waals surface area contributed by atoms with Crippen LogP contribution in [0.5, 0.6) is 0 Å². The monoisotopic (exact) mass is 241 g/mol.